The number of allylic oxidation sites excluding steroid dienone is 5. The van der Waals surface area contributed by atoms with Gasteiger partial charge in [0.25, 0.3) is 11.8 Å². The molecular weight excluding hydrogens is 306 g/mol. The van der Waals surface area contributed by atoms with Crippen LogP contribution in [-0.4, -0.2) is 17.8 Å². The number of carbonyl (C=O) groups excluding carboxylic acids is 3. The molecule has 0 radical (unpaired) electrons. The summed E-state index contributed by atoms with van der Waals surface area (Å²) in [6, 6.07) is 7.28. The average molecular weight is 323 g/mol. The average Bonchev–Trinajstić information content (AvgIpc) is 2.47. The van der Waals surface area contributed by atoms with Gasteiger partial charge in [-0.1, -0.05) is 17.7 Å². The van der Waals surface area contributed by atoms with Crippen molar-refractivity contribution in [1.82, 2.24) is 10.6 Å². The smallest absolute Gasteiger partial charge is 0.318 e. The quantitative estimate of drug-likeness (QED) is 0.614. The maximum absolute atomic E-state index is 12.0. The second-order valence-electron chi connectivity index (χ2n) is 5.81. The molecule has 2 heterocycles. The van der Waals surface area contributed by atoms with Gasteiger partial charge in [0, 0.05) is 17.1 Å². The summed E-state index contributed by atoms with van der Waals surface area (Å²) in [5, 5.41) is 4.19. The Kier molecular flexibility index (Phi) is 3.81. The van der Waals surface area contributed by atoms with E-state index in [1.165, 1.54) is 5.56 Å². The molecular formula is C18H17N3O3. The summed E-state index contributed by atoms with van der Waals surface area (Å²) in [5.74, 6) is -1.37. The number of barbiturate groups is 1. The summed E-state index contributed by atoms with van der Waals surface area (Å²) in [4.78, 5) is 37.2. The lowest BCUT2D eigenvalue weighted by Crippen LogP contribution is -2.51. The molecule has 1 fully saturated rings. The molecule has 0 unspecified atom stereocenters. The van der Waals surface area contributed by atoms with Crippen LogP contribution in [0.5, 0.6) is 0 Å². The summed E-state index contributed by atoms with van der Waals surface area (Å²) in [6.45, 7) is 5.83. The number of anilines is 1. The van der Waals surface area contributed by atoms with Gasteiger partial charge in [0.2, 0.25) is 0 Å². The van der Waals surface area contributed by atoms with Crippen molar-refractivity contribution in [3.8, 4) is 0 Å². The second kappa shape index (κ2) is 5.81. The van der Waals surface area contributed by atoms with Crippen molar-refractivity contribution in [2.75, 3.05) is 4.90 Å². The van der Waals surface area contributed by atoms with Gasteiger partial charge in [0.15, 0.2) is 0 Å². The fourth-order valence-electron chi connectivity index (χ4n) is 2.87. The number of amides is 4. The van der Waals surface area contributed by atoms with Crippen LogP contribution in [0.25, 0.3) is 0 Å². The van der Waals surface area contributed by atoms with E-state index in [1.807, 2.05) is 49.9 Å². The van der Waals surface area contributed by atoms with E-state index in [0.717, 1.165) is 17.1 Å². The zero-order chi connectivity index (χ0) is 17.4. The Hall–Kier alpha value is -3.15. The van der Waals surface area contributed by atoms with Gasteiger partial charge in [-0.05, 0) is 50.6 Å². The minimum absolute atomic E-state index is 0.0585. The summed E-state index contributed by atoms with van der Waals surface area (Å²) >= 11 is 0. The second-order valence-corrected chi connectivity index (χ2v) is 5.81. The van der Waals surface area contributed by atoms with Gasteiger partial charge in [-0.3, -0.25) is 20.2 Å². The first kappa shape index (κ1) is 15.7. The Morgan fingerprint density at radius 2 is 1.29 bits per heavy atom. The molecule has 6 nitrogen and oxygen atoms in total. The fraction of sp³-hybridized carbons (Fsp3) is 0.167. The van der Waals surface area contributed by atoms with E-state index in [0.29, 0.717) is 5.57 Å². The summed E-state index contributed by atoms with van der Waals surface area (Å²) in [6.07, 6.45) is 3.52. The Labute approximate surface area is 139 Å². The molecule has 0 atom stereocenters. The molecule has 6 heteroatoms. The molecule has 122 valence electrons. The normalized spacial score (nSPS) is 18.1. The highest BCUT2D eigenvalue weighted by Gasteiger charge is 2.31. The van der Waals surface area contributed by atoms with Crippen LogP contribution in [0.1, 0.15) is 19.4 Å². The molecule has 1 aromatic rings. The van der Waals surface area contributed by atoms with Crippen LogP contribution in [0.4, 0.5) is 10.5 Å². The predicted octanol–water partition coefficient (Wildman–Crippen LogP) is 2.29. The first-order valence-electron chi connectivity index (χ1n) is 7.51. The highest BCUT2D eigenvalue weighted by Crippen LogP contribution is 2.30. The van der Waals surface area contributed by atoms with E-state index < -0.39 is 17.8 Å². The number of nitrogens with zero attached hydrogens (tertiary/aromatic N) is 1. The molecule has 0 bridgehead atoms. The number of hydrogen-bond acceptors (Lipinski definition) is 4. The molecule has 0 aliphatic carbocycles. The fourth-order valence-corrected chi connectivity index (χ4v) is 2.87. The Morgan fingerprint density at radius 1 is 0.792 bits per heavy atom. The third kappa shape index (κ3) is 2.74. The first-order valence-corrected chi connectivity index (χ1v) is 7.51. The molecule has 0 saturated carbocycles. The van der Waals surface area contributed by atoms with Gasteiger partial charge >= 0.3 is 6.03 Å². The van der Waals surface area contributed by atoms with Crippen LogP contribution in [0.2, 0.25) is 0 Å². The van der Waals surface area contributed by atoms with Gasteiger partial charge in [-0.2, -0.15) is 0 Å². The van der Waals surface area contributed by atoms with Gasteiger partial charge in [0.05, 0.1) is 0 Å². The third-order valence-electron chi connectivity index (χ3n) is 3.92. The zero-order valence-electron chi connectivity index (χ0n) is 13.6. The summed E-state index contributed by atoms with van der Waals surface area (Å²) < 4.78 is 0. The molecule has 1 aromatic carbocycles. The zero-order valence-corrected chi connectivity index (χ0v) is 13.6. The van der Waals surface area contributed by atoms with Crippen molar-refractivity contribution in [3.05, 3.63) is 64.5 Å². The monoisotopic (exact) mass is 323 g/mol. The van der Waals surface area contributed by atoms with Crippen molar-refractivity contribution >= 4 is 23.5 Å². The number of benzene rings is 1. The van der Waals surface area contributed by atoms with Gasteiger partial charge in [-0.15, -0.1) is 0 Å². The standard InChI is InChI=1S/C18H17N3O3/c1-10-4-6-14(7-5-10)21-11(2)8-13(9-12(21)3)15-16(22)19-18(24)20-17(15)23/h4-9H,1-3H3,(H2,19,20,22,23,24). The molecule has 4 amide bonds. The van der Waals surface area contributed by atoms with Crippen LogP contribution >= 0.6 is 0 Å². The van der Waals surface area contributed by atoms with E-state index >= 15 is 0 Å². The maximum atomic E-state index is 12.0. The summed E-state index contributed by atoms with van der Waals surface area (Å²) in [5.41, 5.74) is 4.34. The van der Waals surface area contributed by atoms with Crippen LogP contribution in [-0.2, 0) is 9.59 Å². The number of rotatable bonds is 1. The number of urea groups is 1. The molecule has 2 aliphatic rings. The number of hydrogen-bond donors (Lipinski definition) is 2. The van der Waals surface area contributed by atoms with Crippen LogP contribution in [0, 0.1) is 6.92 Å². The third-order valence-corrected chi connectivity index (χ3v) is 3.92. The van der Waals surface area contributed by atoms with E-state index in [4.69, 9.17) is 0 Å². The Balaban J connectivity index is 2.03. The molecule has 0 spiro atoms. The van der Waals surface area contributed by atoms with Crippen molar-refractivity contribution < 1.29 is 14.4 Å². The minimum Gasteiger partial charge on any atom is -0.318 e. The largest absolute Gasteiger partial charge is 0.328 e. The topological polar surface area (TPSA) is 78.5 Å². The Bertz CT molecular complexity index is 801. The van der Waals surface area contributed by atoms with Gasteiger partial charge in [0.1, 0.15) is 5.57 Å². The van der Waals surface area contributed by atoms with Crippen LogP contribution in [0.3, 0.4) is 0 Å². The SMILES string of the molecule is CC1=CC(=C2C(=O)NC(=O)NC2=O)C=C(C)N1c1ccc(C)cc1. The molecule has 24 heavy (non-hydrogen) atoms. The summed E-state index contributed by atoms with van der Waals surface area (Å²) in [7, 11) is 0. The molecule has 1 saturated heterocycles. The lowest BCUT2D eigenvalue weighted by Gasteiger charge is -2.30. The van der Waals surface area contributed by atoms with Crippen LogP contribution < -0.4 is 15.5 Å². The molecule has 2 aliphatic heterocycles. The van der Waals surface area contributed by atoms with E-state index in [2.05, 4.69) is 10.6 Å². The maximum Gasteiger partial charge on any atom is 0.328 e. The van der Waals surface area contributed by atoms with E-state index in [9.17, 15) is 14.4 Å². The number of imide groups is 2. The van der Waals surface area contributed by atoms with E-state index in [-0.39, 0.29) is 5.57 Å². The number of aryl methyl sites for hydroxylation is 1. The van der Waals surface area contributed by atoms with Gasteiger partial charge < -0.3 is 4.90 Å². The number of nitrogens with one attached hydrogen (secondary N) is 2. The van der Waals surface area contributed by atoms with Crippen molar-refractivity contribution in [1.29, 1.82) is 0 Å². The lowest BCUT2D eigenvalue weighted by molar-refractivity contribution is -0.124. The van der Waals surface area contributed by atoms with Crippen molar-refractivity contribution in [3.63, 3.8) is 0 Å². The van der Waals surface area contributed by atoms with E-state index in [1.54, 1.807) is 12.2 Å². The first-order chi connectivity index (χ1) is 11.4. The minimum atomic E-state index is -0.798. The number of carbonyl (C=O) groups is 3. The van der Waals surface area contributed by atoms with Crippen LogP contribution in [0.15, 0.2) is 59.0 Å². The highest BCUT2D eigenvalue weighted by molar-refractivity contribution is 6.29. The predicted molar refractivity (Wildman–Crippen MR) is 89.9 cm³/mol. The molecule has 0 aromatic heterocycles. The molecule has 2 N–H and O–H groups in total. The highest BCUT2D eigenvalue weighted by atomic mass is 16.2. The van der Waals surface area contributed by atoms with Crippen molar-refractivity contribution in [2.45, 2.75) is 20.8 Å². The lowest BCUT2D eigenvalue weighted by atomic mass is 9.99. The van der Waals surface area contributed by atoms with Crippen molar-refractivity contribution in [2.24, 2.45) is 0 Å². The van der Waals surface area contributed by atoms with Gasteiger partial charge in [-0.25, -0.2) is 4.79 Å². The Morgan fingerprint density at radius 3 is 1.79 bits per heavy atom. The molecule has 3 rings (SSSR count).